The lowest BCUT2D eigenvalue weighted by Crippen LogP contribution is -2.28. The second-order valence-corrected chi connectivity index (χ2v) is 8.73. The quantitative estimate of drug-likeness (QED) is 0.430. The monoisotopic (exact) mass is 479 g/mol. The van der Waals surface area contributed by atoms with E-state index in [2.05, 4.69) is 25.0 Å². The number of benzene rings is 1. The van der Waals surface area contributed by atoms with Crippen molar-refractivity contribution in [1.82, 2.24) is 29.7 Å². The Kier molecular flexibility index (Phi) is 6.63. The van der Waals surface area contributed by atoms with Crippen LogP contribution in [-0.2, 0) is 4.74 Å². The van der Waals surface area contributed by atoms with Crippen molar-refractivity contribution >= 4 is 17.1 Å². The molecule has 1 saturated carbocycles. The van der Waals surface area contributed by atoms with Gasteiger partial charge in [0.25, 0.3) is 0 Å². The summed E-state index contributed by atoms with van der Waals surface area (Å²) in [6.07, 6.45) is 7.35. The summed E-state index contributed by atoms with van der Waals surface area (Å²) < 4.78 is 35.4. The fraction of sp³-hybridized carbons (Fsp3) is 0.400. The number of hydrogen-bond donors (Lipinski definition) is 0. The van der Waals surface area contributed by atoms with Crippen molar-refractivity contribution in [1.29, 1.82) is 0 Å². The molecule has 1 saturated heterocycles. The topological polar surface area (TPSA) is 81.8 Å². The largest absolute Gasteiger partial charge is 0.380 e. The maximum atomic E-state index is 14.5. The third kappa shape index (κ3) is 5.27. The predicted octanol–water partition coefficient (Wildman–Crippen LogP) is 4.43. The van der Waals surface area contributed by atoms with Crippen LogP contribution < -0.4 is 4.90 Å². The van der Waals surface area contributed by atoms with Crippen LogP contribution in [0.25, 0.3) is 22.4 Å². The van der Waals surface area contributed by atoms with Gasteiger partial charge in [-0.1, -0.05) is 0 Å². The zero-order valence-electron chi connectivity index (χ0n) is 19.8. The molecule has 0 radical (unpaired) electrons. The Balaban J connectivity index is 0.000000265. The van der Waals surface area contributed by atoms with E-state index in [1.165, 1.54) is 25.0 Å². The molecule has 182 valence electrons. The molecule has 8 nitrogen and oxygen atoms in total. The Morgan fingerprint density at radius 3 is 2.54 bits per heavy atom. The van der Waals surface area contributed by atoms with Crippen LogP contribution in [0.4, 0.5) is 14.7 Å². The Morgan fingerprint density at radius 1 is 0.971 bits per heavy atom. The van der Waals surface area contributed by atoms with Crippen molar-refractivity contribution in [2.75, 3.05) is 31.2 Å². The van der Waals surface area contributed by atoms with Crippen LogP contribution in [0.15, 0.2) is 36.7 Å². The molecule has 0 unspecified atom stereocenters. The second kappa shape index (κ2) is 9.99. The molecule has 0 bridgehead atoms. The number of anilines is 1. The molecule has 4 heterocycles. The fourth-order valence-electron chi connectivity index (χ4n) is 3.89. The molecule has 4 aromatic rings. The second-order valence-electron chi connectivity index (χ2n) is 8.73. The molecule has 10 heteroatoms. The Labute approximate surface area is 202 Å². The van der Waals surface area contributed by atoms with Gasteiger partial charge in [0.15, 0.2) is 5.65 Å². The minimum absolute atomic E-state index is 0.175. The lowest BCUT2D eigenvalue weighted by atomic mass is 10.1. The Bertz CT molecular complexity index is 1320. The summed E-state index contributed by atoms with van der Waals surface area (Å²) in [7, 11) is 0. The number of hydrogen-bond acceptors (Lipinski definition) is 7. The molecule has 2 fully saturated rings. The SMILES string of the molecule is Cc1nc2nc(N3CCCOCC3)nc(-c3ccc(F)cc3F)c2nc1C.c1cnn(C2CC2)c1. The molecular formula is C25H27F2N7O. The van der Waals surface area contributed by atoms with Crippen molar-refractivity contribution in [3.63, 3.8) is 0 Å². The molecule has 35 heavy (non-hydrogen) atoms. The first-order chi connectivity index (χ1) is 17.0. The zero-order chi connectivity index (χ0) is 24.4. The van der Waals surface area contributed by atoms with Crippen molar-refractivity contribution in [3.8, 4) is 11.3 Å². The lowest BCUT2D eigenvalue weighted by Gasteiger charge is -2.20. The van der Waals surface area contributed by atoms with E-state index in [9.17, 15) is 8.78 Å². The standard InChI is InChI=1S/C19H19F2N5O.C6H8N2/c1-11-12(2)23-18-17(22-11)16(14-5-4-13(20)10-15(14)21)24-19(25-18)26-6-3-8-27-9-7-26;1-4-7-8(5-1)6-2-3-6/h4-5,10H,3,6-9H2,1-2H3;1,4-6H,2-3H2. The number of aromatic nitrogens is 6. The summed E-state index contributed by atoms with van der Waals surface area (Å²) in [5.74, 6) is -0.887. The molecule has 3 aromatic heterocycles. The molecule has 2 aliphatic rings. The number of fused-ring (bicyclic) bond motifs is 1. The van der Waals surface area contributed by atoms with Crippen molar-refractivity contribution in [3.05, 3.63) is 59.7 Å². The van der Waals surface area contributed by atoms with E-state index in [0.29, 0.717) is 48.3 Å². The average molecular weight is 480 g/mol. The van der Waals surface area contributed by atoms with E-state index in [1.807, 2.05) is 41.9 Å². The molecule has 0 atom stereocenters. The summed E-state index contributed by atoms with van der Waals surface area (Å²) in [4.78, 5) is 20.2. The Hall–Kier alpha value is -3.53. The molecule has 0 spiro atoms. The van der Waals surface area contributed by atoms with Gasteiger partial charge in [-0.2, -0.15) is 10.1 Å². The Morgan fingerprint density at radius 2 is 1.80 bits per heavy atom. The van der Waals surface area contributed by atoms with Gasteiger partial charge in [-0.3, -0.25) is 4.68 Å². The highest BCUT2D eigenvalue weighted by Gasteiger charge is 2.23. The van der Waals surface area contributed by atoms with E-state index in [0.717, 1.165) is 30.8 Å². The highest BCUT2D eigenvalue weighted by molar-refractivity contribution is 5.88. The molecule has 0 amide bonds. The van der Waals surface area contributed by atoms with Gasteiger partial charge in [0.2, 0.25) is 5.95 Å². The highest BCUT2D eigenvalue weighted by atomic mass is 19.1. The first kappa shape index (κ1) is 23.2. The number of aryl methyl sites for hydroxylation is 2. The predicted molar refractivity (Wildman–Crippen MR) is 128 cm³/mol. The maximum absolute atomic E-state index is 14.5. The van der Waals surface area contributed by atoms with E-state index in [1.54, 1.807) is 0 Å². The fourth-order valence-corrected chi connectivity index (χ4v) is 3.89. The lowest BCUT2D eigenvalue weighted by molar-refractivity contribution is 0.152. The van der Waals surface area contributed by atoms with Gasteiger partial charge in [0, 0.05) is 43.7 Å². The summed E-state index contributed by atoms with van der Waals surface area (Å²) in [5.41, 5.74) is 2.75. The van der Waals surface area contributed by atoms with Gasteiger partial charge in [-0.05, 0) is 51.3 Å². The first-order valence-corrected chi connectivity index (χ1v) is 11.8. The average Bonchev–Trinajstić information content (AvgIpc) is 3.61. The van der Waals surface area contributed by atoms with Gasteiger partial charge in [-0.25, -0.2) is 23.7 Å². The van der Waals surface area contributed by atoms with Gasteiger partial charge in [0.05, 0.1) is 24.0 Å². The first-order valence-electron chi connectivity index (χ1n) is 11.8. The third-order valence-electron chi connectivity index (χ3n) is 6.07. The van der Waals surface area contributed by atoms with Gasteiger partial charge < -0.3 is 9.64 Å². The van der Waals surface area contributed by atoms with E-state index in [4.69, 9.17) is 4.74 Å². The summed E-state index contributed by atoms with van der Waals surface area (Å²) in [6.45, 7) is 6.29. The highest BCUT2D eigenvalue weighted by Crippen LogP contribution is 2.33. The number of ether oxygens (including phenoxy) is 1. The molecule has 6 rings (SSSR count). The maximum Gasteiger partial charge on any atom is 0.228 e. The third-order valence-corrected chi connectivity index (χ3v) is 6.07. The number of rotatable bonds is 3. The van der Waals surface area contributed by atoms with Crippen molar-refractivity contribution < 1.29 is 13.5 Å². The van der Waals surface area contributed by atoms with Crippen molar-refractivity contribution in [2.24, 2.45) is 0 Å². The normalized spacial score (nSPS) is 16.1. The molecule has 0 N–H and O–H groups in total. The van der Waals surface area contributed by atoms with Crippen LogP contribution in [0, 0.1) is 25.5 Å². The van der Waals surface area contributed by atoms with Crippen LogP contribution in [-0.4, -0.2) is 56.0 Å². The van der Waals surface area contributed by atoms with Crippen LogP contribution in [0.5, 0.6) is 0 Å². The minimum atomic E-state index is -0.694. The van der Waals surface area contributed by atoms with Crippen LogP contribution in [0.2, 0.25) is 0 Å². The summed E-state index contributed by atoms with van der Waals surface area (Å²) >= 11 is 0. The molecule has 1 aromatic carbocycles. The van der Waals surface area contributed by atoms with Crippen LogP contribution >= 0.6 is 0 Å². The van der Waals surface area contributed by atoms with E-state index < -0.39 is 11.6 Å². The molecule has 1 aliphatic heterocycles. The van der Waals surface area contributed by atoms with E-state index in [-0.39, 0.29) is 5.56 Å². The number of halogens is 2. The van der Waals surface area contributed by atoms with Crippen LogP contribution in [0.1, 0.15) is 36.7 Å². The van der Waals surface area contributed by atoms with Crippen molar-refractivity contribution in [2.45, 2.75) is 39.2 Å². The minimum Gasteiger partial charge on any atom is -0.380 e. The summed E-state index contributed by atoms with van der Waals surface area (Å²) in [5, 5.41) is 4.09. The van der Waals surface area contributed by atoms with Gasteiger partial charge in [-0.15, -0.1) is 0 Å². The van der Waals surface area contributed by atoms with E-state index >= 15 is 0 Å². The smallest absolute Gasteiger partial charge is 0.228 e. The zero-order valence-corrected chi connectivity index (χ0v) is 19.8. The summed E-state index contributed by atoms with van der Waals surface area (Å²) in [6, 6.07) is 6.14. The molecule has 1 aliphatic carbocycles. The molecular weight excluding hydrogens is 452 g/mol. The van der Waals surface area contributed by atoms with Gasteiger partial charge >= 0.3 is 0 Å². The number of nitrogens with zero attached hydrogens (tertiary/aromatic N) is 7. The van der Waals surface area contributed by atoms with Crippen LogP contribution in [0.3, 0.4) is 0 Å². The van der Waals surface area contributed by atoms with Gasteiger partial charge in [0.1, 0.15) is 22.8 Å².